The van der Waals surface area contributed by atoms with Gasteiger partial charge in [-0.2, -0.15) is 0 Å². The summed E-state index contributed by atoms with van der Waals surface area (Å²) in [6, 6.07) is 4.93. The van der Waals surface area contributed by atoms with Gasteiger partial charge >= 0.3 is 0 Å². The molecular weight excluding hydrogens is 265 g/mol. The Hall–Kier alpha value is -0.930. The molecule has 1 saturated heterocycles. The highest BCUT2D eigenvalue weighted by atomic mass is 19.1. The molecule has 2 nitrogen and oxygen atoms in total. The summed E-state index contributed by atoms with van der Waals surface area (Å²) in [7, 11) is 0. The first-order valence-corrected chi connectivity index (χ1v) is 8.12. The number of hydrogen-bond donors (Lipinski definition) is 1. The zero-order valence-corrected chi connectivity index (χ0v) is 13.3. The largest absolute Gasteiger partial charge is 0.384 e. The van der Waals surface area contributed by atoms with E-state index in [1.165, 1.54) is 6.07 Å². The van der Waals surface area contributed by atoms with Gasteiger partial charge in [0.25, 0.3) is 0 Å². The number of halogens is 1. The van der Waals surface area contributed by atoms with Crippen molar-refractivity contribution in [2.75, 3.05) is 19.6 Å². The van der Waals surface area contributed by atoms with Crippen molar-refractivity contribution in [1.82, 2.24) is 4.90 Å². The van der Waals surface area contributed by atoms with Gasteiger partial charge in [-0.05, 0) is 68.1 Å². The van der Waals surface area contributed by atoms with Crippen molar-refractivity contribution < 1.29 is 9.50 Å². The van der Waals surface area contributed by atoms with Gasteiger partial charge in [-0.1, -0.05) is 26.8 Å². The molecule has 1 aliphatic carbocycles. The molecule has 116 valence electrons. The van der Waals surface area contributed by atoms with Gasteiger partial charge in [-0.15, -0.1) is 0 Å². The van der Waals surface area contributed by atoms with E-state index < -0.39 is 5.60 Å². The molecule has 3 rings (SSSR count). The molecule has 0 amide bonds. The fourth-order valence-corrected chi connectivity index (χ4v) is 4.47. The average Bonchev–Trinajstić information content (AvgIpc) is 2.67. The van der Waals surface area contributed by atoms with Gasteiger partial charge in [0.2, 0.25) is 0 Å². The maximum absolute atomic E-state index is 13.7. The summed E-state index contributed by atoms with van der Waals surface area (Å²) in [5.74, 6) is -0.0192. The van der Waals surface area contributed by atoms with Crippen LogP contribution in [-0.4, -0.2) is 29.6 Å². The average molecular weight is 291 g/mol. The Bertz CT molecular complexity index is 534. The highest BCUT2D eigenvalue weighted by Gasteiger charge is 2.55. The van der Waals surface area contributed by atoms with E-state index in [0.717, 1.165) is 50.0 Å². The molecule has 3 heteroatoms. The standard InChI is InChI=1S/C18H26FNO/c1-4-20-9-7-14(8-10-20)18(21)16-11-15(19)6-5-13(16)12-17(18,2)3/h5-6,11,14,21H,4,7-10,12H2,1-3H3. The molecule has 1 atom stereocenters. The lowest BCUT2D eigenvalue weighted by molar-refractivity contribution is -0.122. The quantitative estimate of drug-likeness (QED) is 0.903. The molecule has 0 saturated carbocycles. The summed E-state index contributed by atoms with van der Waals surface area (Å²) < 4.78 is 13.7. The number of piperidine rings is 1. The number of rotatable bonds is 2. The van der Waals surface area contributed by atoms with Crippen LogP contribution in [0.5, 0.6) is 0 Å². The van der Waals surface area contributed by atoms with Gasteiger partial charge < -0.3 is 10.0 Å². The summed E-state index contributed by atoms with van der Waals surface area (Å²) in [6.07, 6.45) is 2.81. The van der Waals surface area contributed by atoms with Crippen LogP contribution >= 0.6 is 0 Å². The van der Waals surface area contributed by atoms with E-state index in [-0.39, 0.29) is 17.2 Å². The Morgan fingerprint density at radius 1 is 1.29 bits per heavy atom. The first kappa shape index (κ1) is 15.0. The maximum atomic E-state index is 13.7. The van der Waals surface area contributed by atoms with E-state index in [4.69, 9.17) is 0 Å². The number of benzene rings is 1. The second-order valence-electron chi connectivity index (χ2n) is 7.34. The van der Waals surface area contributed by atoms with Crippen molar-refractivity contribution in [2.45, 2.75) is 45.6 Å². The molecule has 21 heavy (non-hydrogen) atoms. The topological polar surface area (TPSA) is 23.5 Å². The summed E-state index contributed by atoms with van der Waals surface area (Å²) in [5.41, 5.74) is 0.816. The SMILES string of the molecule is CCN1CCC(C2(O)c3cc(F)ccc3CC2(C)C)CC1. The van der Waals surface area contributed by atoms with Gasteiger partial charge in [0.1, 0.15) is 5.82 Å². The normalized spacial score (nSPS) is 29.6. The lowest BCUT2D eigenvalue weighted by Gasteiger charge is -2.47. The minimum absolute atomic E-state index is 0.221. The van der Waals surface area contributed by atoms with E-state index in [9.17, 15) is 9.50 Å². The van der Waals surface area contributed by atoms with Gasteiger partial charge in [-0.3, -0.25) is 0 Å². The summed E-state index contributed by atoms with van der Waals surface area (Å²) >= 11 is 0. The summed E-state index contributed by atoms with van der Waals surface area (Å²) in [5, 5.41) is 11.6. The number of hydrogen-bond acceptors (Lipinski definition) is 2. The highest BCUT2D eigenvalue weighted by Crippen LogP contribution is 2.56. The van der Waals surface area contributed by atoms with Gasteiger partial charge in [0.15, 0.2) is 0 Å². The molecule has 1 N–H and O–H groups in total. The summed E-state index contributed by atoms with van der Waals surface area (Å²) in [6.45, 7) is 9.56. The predicted octanol–water partition coefficient (Wildman–Crippen LogP) is 3.33. The van der Waals surface area contributed by atoms with Crippen LogP contribution in [0, 0.1) is 17.2 Å². The molecule has 1 aromatic rings. The molecule has 1 fully saturated rings. The van der Waals surface area contributed by atoms with Gasteiger partial charge in [-0.25, -0.2) is 4.39 Å². The van der Waals surface area contributed by atoms with Crippen LogP contribution in [0.15, 0.2) is 18.2 Å². The summed E-state index contributed by atoms with van der Waals surface area (Å²) in [4.78, 5) is 2.42. The maximum Gasteiger partial charge on any atom is 0.123 e. The van der Waals surface area contributed by atoms with E-state index in [0.29, 0.717) is 0 Å². The Labute approximate surface area is 127 Å². The van der Waals surface area contributed by atoms with Gasteiger partial charge in [0, 0.05) is 5.41 Å². The van der Waals surface area contributed by atoms with Crippen molar-refractivity contribution in [1.29, 1.82) is 0 Å². The predicted molar refractivity (Wildman–Crippen MR) is 82.6 cm³/mol. The van der Waals surface area contributed by atoms with Crippen LogP contribution in [0.25, 0.3) is 0 Å². The van der Waals surface area contributed by atoms with E-state index in [1.807, 2.05) is 6.07 Å². The van der Waals surface area contributed by atoms with Crippen LogP contribution in [0.1, 0.15) is 44.7 Å². The van der Waals surface area contributed by atoms with Crippen molar-refractivity contribution in [3.8, 4) is 0 Å². The molecule has 1 heterocycles. The Kier molecular flexibility index (Phi) is 3.61. The van der Waals surface area contributed by atoms with E-state index >= 15 is 0 Å². The first-order valence-electron chi connectivity index (χ1n) is 8.12. The van der Waals surface area contributed by atoms with Crippen molar-refractivity contribution in [2.24, 2.45) is 11.3 Å². The van der Waals surface area contributed by atoms with Crippen molar-refractivity contribution in [3.05, 3.63) is 35.1 Å². The molecular formula is C18H26FNO. The van der Waals surface area contributed by atoms with Crippen LogP contribution < -0.4 is 0 Å². The molecule has 0 bridgehead atoms. The van der Waals surface area contributed by atoms with E-state index in [2.05, 4.69) is 25.7 Å². The Balaban J connectivity index is 1.97. The molecule has 0 radical (unpaired) electrons. The second-order valence-corrected chi connectivity index (χ2v) is 7.34. The van der Waals surface area contributed by atoms with Crippen LogP contribution in [0.2, 0.25) is 0 Å². The third-order valence-corrected chi connectivity index (χ3v) is 5.77. The minimum Gasteiger partial charge on any atom is -0.384 e. The highest BCUT2D eigenvalue weighted by molar-refractivity contribution is 5.41. The number of nitrogens with zero attached hydrogens (tertiary/aromatic N) is 1. The number of likely N-dealkylation sites (tertiary alicyclic amines) is 1. The molecule has 1 unspecified atom stereocenters. The molecule has 0 aromatic heterocycles. The third-order valence-electron chi connectivity index (χ3n) is 5.77. The Morgan fingerprint density at radius 2 is 1.95 bits per heavy atom. The van der Waals surface area contributed by atoms with E-state index in [1.54, 1.807) is 6.07 Å². The zero-order valence-electron chi connectivity index (χ0n) is 13.3. The van der Waals surface area contributed by atoms with Gasteiger partial charge in [0.05, 0.1) is 5.60 Å². The molecule has 1 aliphatic heterocycles. The number of fused-ring (bicyclic) bond motifs is 1. The Morgan fingerprint density at radius 3 is 2.57 bits per heavy atom. The van der Waals surface area contributed by atoms with Crippen molar-refractivity contribution in [3.63, 3.8) is 0 Å². The smallest absolute Gasteiger partial charge is 0.123 e. The lowest BCUT2D eigenvalue weighted by atomic mass is 9.65. The molecule has 0 spiro atoms. The third kappa shape index (κ3) is 2.22. The zero-order chi connectivity index (χ0) is 15.3. The molecule has 2 aliphatic rings. The fourth-order valence-electron chi connectivity index (χ4n) is 4.47. The van der Waals surface area contributed by atoms with Crippen LogP contribution in [0.4, 0.5) is 4.39 Å². The van der Waals surface area contributed by atoms with Crippen LogP contribution in [0.3, 0.4) is 0 Å². The first-order chi connectivity index (χ1) is 9.88. The van der Waals surface area contributed by atoms with Crippen LogP contribution in [-0.2, 0) is 12.0 Å². The second kappa shape index (κ2) is 5.06. The monoisotopic (exact) mass is 291 g/mol. The van der Waals surface area contributed by atoms with Crippen molar-refractivity contribution >= 4 is 0 Å². The molecule has 1 aromatic carbocycles. The fraction of sp³-hybridized carbons (Fsp3) is 0.667. The minimum atomic E-state index is -0.899. The number of aliphatic hydroxyl groups is 1. The lowest BCUT2D eigenvalue weighted by Crippen LogP contribution is -2.49.